The van der Waals surface area contributed by atoms with Crippen LogP contribution in [0.3, 0.4) is 0 Å². The molecule has 1 saturated heterocycles. The Morgan fingerprint density at radius 1 is 1.23 bits per heavy atom. The van der Waals surface area contributed by atoms with Crippen LogP contribution in [0.2, 0.25) is 0 Å². The van der Waals surface area contributed by atoms with Crippen LogP contribution in [0, 0.1) is 18.3 Å². The van der Waals surface area contributed by atoms with Gasteiger partial charge in [0.15, 0.2) is 0 Å². The topological polar surface area (TPSA) is 73.0 Å². The van der Waals surface area contributed by atoms with E-state index in [0.717, 1.165) is 11.3 Å². The summed E-state index contributed by atoms with van der Waals surface area (Å²) in [5.74, 6) is 0.698. The van der Waals surface area contributed by atoms with E-state index in [9.17, 15) is 10.4 Å². The number of anilines is 1. The predicted molar refractivity (Wildman–Crippen MR) is 83.3 cm³/mol. The third-order valence-electron chi connectivity index (χ3n) is 4.19. The normalized spacial score (nSPS) is 17.0. The molecule has 3 rings (SSSR count). The van der Waals surface area contributed by atoms with Crippen molar-refractivity contribution < 1.29 is 5.11 Å². The molecule has 0 saturated carbocycles. The van der Waals surface area contributed by atoms with Gasteiger partial charge >= 0.3 is 0 Å². The second-order valence-corrected chi connectivity index (χ2v) is 5.73. The molecule has 1 aliphatic heterocycles. The van der Waals surface area contributed by atoms with Crippen molar-refractivity contribution in [3.63, 3.8) is 0 Å². The average molecular weight is 294 g/mol. The molecule has 1 aliphatic rings. The zero-order chi connectivity index (χ0) is 15.6. The second-order valence-electron chi connectivity index (χ2n) is 5.73. The number of aliphatic hydroxyl groups is 1. The summed E-state index contributed by atoms with van der Waals surface area (Å²) >= 11 is 0. The maximum atomic E-state index is 10.9. The molecular weight excluding hydrogens is 276 g/mol. The number of nitrogens with zero attached hydrogens (tertiary/aromatic N) is 4. The third-order valence-corrected chi connectivity index (χ3v) is 4.19. The van der Waals surface area contributed by atoms with Gasteiger partial charge in [-0.15, -0.1) is 0 Å². The fourth-order valence-corrected chi connectivity index (χ4v) is 2.82. The Morgan fingerprint density at radius 3 is 2.64 bits per heavy atom. The number of aryl methyl sites for hydroxylation is 1. The van der Waals surface area contributed by atoms with E-state index in [4.69, 9.17) is 0 Å². The Labute approximate surface area is 129 Å². The van der Waals surface area contributed by atoms with Gasteiger partial charge in [0, 0.05) is 25.5 Å². The van der Waals surface area contributed by atoms with Gasteiger partial charge in [-0.25, -0.2) is 4.98 Å². The van der Waals surface area contributed by atoms with Crippen LogP contribution in [0.1, 0.15) is 29.7 Å². The van der Waals surface area contributed by atoms with Crippen LogP contribution in [0.15, 0.2) is 36.7 Å². The molecule has 0 unspecified atom stereocenters. The molecule has 0 bridgehead atoms. The summed E-state index contributed by atoms with van der Waals surface area (Å²) in [7, 11) is 0. The van der Waals surface area contributed by atoms with E-state index in [0.29, 0.717) is 37.3 Å². The van der Waals surface area contributed by atoms with Crippen molar-refractivity contribution in [3.05, 3.63) is 53.5 Å². The smallest absolute Gasteiger partial charge is 0.146 e. The Bertz CT molecular complexity index is 697. The van der Waals surface area contributed by atoms with Gasteiger partial charge in [0.2, 0.25) is 0 Å². The van der Waals surface area contributed by atoms with Crippen LogP contribution in [0.4, 0.5) is 5.82 Å². The highest BCUT2D eigenvalue weighted by Crippen LogP contribution is 2.33. The molecular formula is C17H18N4O. The fraction of sp³-hybridized carbons (Fsp3) is 0.353. The van der Waals surface area contributed by atoms with Gasteiger partial charge in [-0.3, -0.25) is 4.98 Å². The fourth-order valence-electron chi connectivity index (χ4n) is 2.82. The van der Waals surface area contributed by atoms with Crippen LogP contribution in [-0.2, 0) is 5.60 Å². The Morgan fingerprint density at radius 2 is 2.00 bits per heavy atom. The molecule has 2 aromatic heterocycles. The van der Waals surface area contributed by atoms with E-state index < -0.39 is 5.60 Å². The minimum absolute atomic E-state index is 0.571. The van der Waals surface area contributed by atoms with Crippen LogP contribution >= 0.6 is 0 Å². The zero-order valence-electron chi connectivity index (χ0n) is 12.5. The van der Waals surface area contributed by atoms with E-state index in [1.807, 2.05) is 19.1 Å². The van der Waals surface area contributed by atoms with E-state index in [-0.39, 0.29) is 0 Å². The van der Waals surface area contributed by atoms with E-state index in [2.05, 4.69) is 20.9 Å². The summed E-state index contributed by atoms with van der Waals surface area (Å²) in [6, 6.07) is 9.57. The molecule has 1 fully saturated rings. The van der Waals surface area contributed by atoms with Crippen LogP contribution < -0.4 is 4.90 Å². The molecule has 0 spiro atoms. The van der Waals surface area contributed by atoms with Gasteiger partial charge in [-0.2, -0.15) is 5.26 Å². The minimum atomic E-state index is -0.897. The molecule has 0 amide bonds. The zero-order valence-corrected chi connectivity index (χ0v) is 12.5. The number of rotatable bonds is 2. The van der Waals surface area contributed by atoms with Crippen LogP contribution in [0.5, 0.6) is 0 Å². The summed E-state index contributed by atoms with van der Waals surface area (Å²) in [6.45, 7) is 3.28. The maximum Gasteiger partial charge on any atom is 0.146 e. The first-order valence-corrected chi connectivity index (χ1v) is 7.38. The molecule has 5 nitrogen and oxygen atoms in total. The lowest BCUT2D eigenvalue weighted by Gasteiger charge is -2.38. The number of nitriles is 1. The molecule has 22 heavy (non-hydrogen) atoms. The number of hydrogen-bond donors (Lipinski definition) is 1. The third kappa shape index (κ3) is 2.66. The SMILES string of the molecule is Cc1ccc(C2(O)CCN(c3ncccc3C#N)CC2)nc1. The number of piperidine rings is 1. The molecule has 2 aromatic rings. The molecule has 112 valence electrons. The molecule has 5 heteroatoms. The van der Waals surface area contributed by atoms with Crippen molar-refractivity contribution in [3.8, 4) is 6.07 Å². The van der Waals surface area contributed by atoms with E-state index >= 15 is 0 Å². The Kier molecular flexibility index (Phi) is 3.78. The van der Waals surface area contributed by atoms with Gasteiger partial charge in [0.25, 0.3) is 0 Å². The van der Waals surface area contributed by atoms with Crippen molar-refractivity contribution in [1.29, 1.82) is 5.26 Å². The summed E-state index contributed by atoms with van der Waals surface area (Å²) in [5, 5.41) is 20.0. The lowest BCUT2D eigenvalue weighted by Crippen LogP contribution is -2.43. The summed E-state index contributed by atoms with van der Waals surface area (Å²) in [4.78, 5) is 10.7. The standard InChI is InChI=1S/C17H18N4O/c1-13-4-5-15(20-12-13)17(22)6-9-21(10-7-17)16-14(11-18)3-2-8-19-16/h2-5,8,12,22H,6-7,9-10H2,1H3. The highest BCUT2D eigenvalue weighted by Gasteiger charge is 2.35. The lowest BCUT2D eigenvalue weighted by molar-refractivity contribution is 0.00747. The van der Waals surface area contributed by atoms with Gasteiger partial charge in [-0.1, -0.05) is 6.07 Å². The number of hydrogen-bond acceptors (Lipinski definition) is 5. The molecule has 0 aromatic carbocycles. The second kappa shape index (κ2) is 5.74. The number of aromatic nitrogens is 2. The van der Waals surface area contributed by atoms with Gasteiger partial charge in [0.1, 0.15) is 17.5 Å². The van der Waals surface area contributed by atoms with Crippen molar-refractivity contribution in [2.75, 3.05) is 18.0 Å². The van der Waals surface area contributed by atoms with Gasteiger partial charge in [-0.05, 0) is 43.5 Å². The average Bonchev–Trinajstić information content (AvgIpc) is 2.56. The van der Waals surface area contributed by atoms with Crippen molar-refractivity contribution >= 4 is 5.82 Å². The van der Waals surface area contributed by atoms with Crippen molar-refractivity contribution in [1.82, 2.24) is 9.97 Å². The van der Waals surface area contributed by atoms with Crippen LogP contribution in [0.25, 0.3) is 0 Å². The molecule has 3 heterocycles. The monoisotopic (exact) mass is 294 g/mol. The first-order chi connectivity index (χ1) is 10.6. The quantitative estimate of drug-likeness (QED) is 0.918. The largest absolute Gasteiger partial charge is 0.383 e. The lowest BCUT2D eigenvalue weighted by atomic mass is 9.87. The minimum Gasteiger partial charge on any atom is -0.383 e. The summed E-state index contributed by atoms with van der Waals surface area (Å²) in [6.07, 6.45) is 4.62. The number of pyridine rings is 2. The molecule has 0 atom stereocenters. The maximum absolute atomic E-state index is 10.9. The van der Waals surface area contributed by atoms with Gasteiger partial charge < -0.3 is 10.0 Å². The highest BCUT2D eigenvalue weighted by molar-refractivity contribution is 5.53. The Hall–Kier alpha value is -2.45. The Balaban J connectivity index is 1.77. The summed E-state index contributed by atoms with van der Waals surface area (Å²) in [5.41, 5.74) is 1.48. The van der Waals surface area contributed by atoms with Crippen molar-refractivity contribution in [2.45, 2.75) is 25.4 Å². The summed E-state index contributed by atoms with van der Waals surface area (Å²) < 4.78 is 0. The van der Waals surface area contributed by atoms with Crippen molar-refractivity contribution in [2.24, 2.45) is 0 Å². The van der Waals surface area contributed by atoms with Crippen LogP contribution in [-0.4, -0.2) is 28.2 Å². The molecule has 0 aliphatic carbocycles. The predicted octanol–water partition coefficient (Wildman–Crippen LogP) is 2.14. The molecule has 1 N–H and O–H groups in total. The van der Waals surface area contributed by atoms with E-state index in [1.165, 1.54) is 0 Å². The first-order valence-electron chi connectivity index (χ1n) is 7.38. The first kappa shape index (κ1) is 14.5. The highest BCUT2D eigenvalue weighted by atomic mass is 16.3. The van der Waals surface area contributed by atoms with E-state index in [1.54, 1.807) is 24.5 Å². The molecule has 0 radical (unpaired) electrons. The van der Waals surface area contributed by atoms with Gasteiger partial charge in [0.05, 0.1) is 11.3 Å².